The highest BCUT2D eigenvalue weighted by atomic mass is 16.3. The molecule has 0 unspecified atom stereocenters. The second kappa shape index (κ2) is 13.6. The molecule has 15 rings (SSSR count). The predicted molar refractivity (Wildman–Crippen MR) is 278 cm³/mol. The third-order valence-corrected chi connectivity index (χ3v) is 14.6. The van der Waals surface area contributed by atoms with E-state index in [1.54, 1.807) is 0 Å². The van der Waals surface area contributed by atoms with Gasteiger partial charge >= 0.3 is 0 Å². The van der Waals surface area contributed by atoms with Crippen LogP contribution >= 0.6 is 0 Å². The van der Waals surface area contributed by atoms with Crippen LogP contribution in [0.1, 0.15) is 25.0 Å². The molecule has 4 heterocycles. The fourth-order valence-corrected chi connectivity index (χ4v) is 11.5. The molecule has 4 aromatic heterocycles. The molecule has 0 N–H and O–H groups in total. The topological polar surface area (TPSA) is 69.9 Å². The van der Waals surface area contributed by atoms with Crippen LogP contribution in [0.3, 0.4) is 0 Å². The van der Waals surface area contributed by atoms with E-state index < -0.39 is 0 Å². The van der Waals surface area contributed by atoms with E-state index in [0.29, 0.717) is 17.5 Å². The van der Waals surface area contributed by atoms with Crippen molar-refractivity contribution in [3.05, 3.63) is 205 Å². The number of rotatable bonds is 4. The monoisotopic (exact) mass is 870 g/mol. The lowest BCUT2D eigenvalue weighted by Crippen LogP contribution is -2.15. The van der Waals surface area contributed by atoms with Gasteiger partial charge in [0.05, 0.1) is 16.7 Å². The van der Waals surface area contributed by atoms with E-state index in [4.69, 9.17) is 23.8 Å². The summed E-state index contributed by atoms with van der Waals surface area (Å²) in [5, 5.41) is 11.4. The Morgan fingerprint density at radius 3 is 1.60 bits per heavy atom. The van der Waals surface area contributed by atoms with Crippen molar-refractivity contribution in [1.82, 2.24) is 19.5 Å². The molecular weight excluding hydrogens is 833 g/mol. The summed E-state index contributed by atoms with van der Waals surface area (Å²) in [6, 6.07) is 68.9. The van der Waals surface area contributed by atoms with Crippen molar-refractivity contribution in [2.75, 3.05) is 0 Å². The number of para-hydroxylation sites is 3. The van der Waals surface area contributed by atoms with Crippen molar-refractivity contribution in [2.24, 2.45) is 0 Å². The molecule has 68 heavy (non-hydrogen) atoms. The van der Waals surface area contributed by atoms with E-state index in [2.05, 4.69) is 164 Å². The molecule has 0 spiro atoms. The second-order valence-electron chi connectivity index (χ2n) is 18.7. The molecule has 6 heteroatoms. The number of benzene rings is 10. The first-order valence-corrected chi connectivity index (χ1v) is 23.2. The summed E-state index contributed by atoms with van der Waals surface area (Å²) in [7, 11) is 0. The third kappa shape index (κ3) is 5.20. The lowest BCUT2D eigenvalue weighted by molar-refractivity contribution is 0.667. The van der Waals surface area contributed by atoms with Gasteiger partial charge in [0.15, 0.2) is 17.5 Å². The molecule has 1 aliphatic rings. The minimum absolute atomic E-state index is 0.203. The van der Waals surface area contributed by atoms with E-state index in [9.17, 15) is 0 Å². The summed E-state index contributed by atoms with van der Waals surface area (Å²) in [6.07, 6.45) is 0. The number of hydrogen-bond acceptors (Lipinski definition) is 5. The van der Waals surface area contributed by atoms with Crippen molar-refractivity contribution < 1.29 is 8.83 Å². The SMILES string of the molecule is CC1(C)c2cc3c(cc2-c2ccc4ccccc4c21)c1ccccc1n3-c1ccc(-c2nc(-c3ccc4c(c3)oc3ccccc34)nc(-c3ccc4c(c3)oc3ccccc34)n2)c2ccccc12. The number of hydrogen-bond donors (Lipinski definition) is 0. The molecule has 6 nitrogen and oxygen atoms in total. The Morgan fingerprint density at radius 1 is 0.368 bits per heavy atom. The number of furan rings is 2. The minimum atomic E-state index is -0.203. The Labute approximate surface area is 389 Å². The van der Waals surface area contributed by atoms with Gasteiger partial charge in [-0.25, -0.2) is 15.0 Å². The second-order valence-corrected chi connectivity index (χ2v) is 18.7. The maximum Gasteiger partial charge on any atom is 0.164 e. The summed E-state index contributed by atoms with van der Waals surface area (Å²) in [5.74, 6) is 1.68. The lowest BCUT2D eigenvalue weighted by atomic mass is 9.80. The van der Waals surface area contributed by atoms with Crippen molar-refractivity contribution in [3.8, 4) is 51.0 Å². The highest BCUT2D eigenvalue weighted by Crippen LogP contribution is 2.53. The van der Waals surface area contributed by atoms with Crippen molar-refractivity contribution in [2.45, 2.75) is 19.3 Å². The maximum atomic E-state index is 6.37. The van der Waals surface area contributed by atoms with Crippen LogP contribution < -0.4 is 0 Å². The minimum Gasteiger partial charge on any atom is -0.456 e. The van der Waals surface area contributed by atoms with Crippen LogP contribution in [-0.4, -0.2) is 19.5 Å². The van der Waals surface area contributed by atoms with Crippen LogP contribution in [-0.2, 0) is 5.41 Å². The highest BCUT2D eigenvalue weighted by Gasteiger charge is 2.38. The van der Waals surface area contributed by atoms with Crippen LogP contribution in [0.15, 0.2) is 203 Å². The van der Waals surface area contributed by atoms with Gasteiger partial charge in [-0.05, 0) is 105 Å². The van der Waals surface area contributed by atoms with Gasteiger partial charge in [-0.2, -0.15) is 0 Å². The standard InChI is InChI=1S/C62H38N4O2/c1-62(2)50-34-53-49(33-48(50)46-28-23-35-13-3-4-14-38(35)58(46)62)41-17-7-10-20-51(41)66(53)52-30-29-47(39-15-5-6-16-40(39)52)61-64-59(36-24-26-44-42-18-8-11-21-54(42)67-56(44)31-36)63-60(65-61)37-25-27-45-43-19-9-12-22-55(43)68-57(45)32-37/h3-34H,1-2H3. The zero-order valence-corrected chi connectivity index (χ0v) is 37.1. The largest absolute Gasteiger partial charge is 0.456 e. The van der Waals surface area contributed by atoms with Gasteiger partial charge in [0.25, 0.3) is 0 Å². The Hall–Kier alpha value is -8.87. The van der Waals surface area contributed by atoms with E-state index in [0.717, 1.165) is 82.5 Å². The van der Waals surface area contributed by atoms with Gasteiger partial charge in [-0.15, -0.1) is 0 Å². The summed E-state index contributed by atoms with van der Waals surface area (Å²) < 4.78 is 15.2. The molecule has 0 fully saturated rings. The normalized spacial score (nSPS) is 13.3. The molecule has 0 radical (unpaired) electrons. The Kier molecular flexibility index (Phi) is 7.47. The maximum absolute atomic E-state index is 6.37. The molecule has 0 saturated carbocycles. The predicted octanol–water partition coefficient (Wildman–Crippen LogP) is 16.4. The number of fused-ring (bicyclic) bond motifs is 15. The molecule has 0 atom stereocenters. The van der Waals surface area contributed by atoms with Crippen LogP contribution in [0.4, 0.5) is 0 Å². The van der Waals surface area contributed by atoms with Crippen LogP contribution in [0, 0.1) is 0 Å². The molecule has 10 aromatic carbocycles. The summed E-state index contributed by atoms with van der Waals surface area (Å²) in [6.45, 7) is 4.77. The van der Waals surface area contributed by atoms with Crippen molar-refractivity contribution in [3.63, 3.8) is 0 Å². The van der Waals surface area contributed by atoms with Gasteiger partial charge in [-0.1, -0.05) is 141 Å². The highest BCUT2D eigenvalue weighted by molar-refractivity contribution is 6.14. The van der Waals surface area contributed by atoms with Crippen LogP contribution in [0.5, 0.6) is 0 Å². The molecule has 0 aliphatic heterocycles. The molecule has 14 aromatic rings. The van der Waals surface area contributed by atoms with E-state index in [1.165, 1.54) is 49.3 Å². The Morgan fingerprint density at radius 2 is 0.912 bits per heavy atom. The Bertz CT molecular complexity index is 4360. The first-order valence-electron chi connectivity index (χ1n) is 23.2. The summed E-state index contributed by atoms with van der Waals surface area (Å²) >= 11 is 0. The zero-order chi connectivity index (χ0) is 44.8. The Balaban J connectivity index is 0.942. The molecule has 0 amide bonds. The fourth-order valence-electron chi connectivity index (χ4n) is 11.5. The van der Waals surface area contributed by atoms with Crippen LogP contribution in [0.25, 0.3) is 138 Å². The van der Waals surface area contributed by atoms with Gasteiger partial charge in [0.2, 0.25) is 0 Å². The zero-order valence-electron chi connectivity index (χ0n) is 37.1. The third-order valence-electron chi connectivity index (χ3n) is 14.6. The lowest BCUT2D eigenvalue weighted by Gasteiger charge is -2.23. The van der Waals surface area contributed by atoms with Crippen LogP contribution in [0.2, 0.25) is 0 Å². The first kappa shape index (κ1) is 37.4. The number of nitrogens with zero attached hydrogens (tertiary/aromatic N) is 4. The van der Waals surface area contributed by atoms with E-state index >= 15 is 0 Å². The van der Waals surface area contributed by atoms with E-state index in [-0.39, 0.29) is 5.41 Å². The smallest absolute Gasteiger partial charge is 0.164 e. The molecular formula is C62H38N4O2. The van der Waals surface area contributed by atoms with Gasteiger partial charge in [0.1, 0.15) is 22.3 Å². The quantitative estimate of drug-likeness (QED) is 0.176. The molecule has 1 aliphatic carbocycles. The van der Waals surface area contributed by atoms with Crippen molar-refractivity contribution in [1.29, 1.82) is 0 Å². The van der Waals surface area contributed by atoms with E-state index in [1.807, 2.05) is 48.5 Å². The van der Waals surface area contributed by atoms with Gasteiger partial charge < -0.3 is 13.4 Å². The summed E-state index contributed by atoms with van der Waals surface area (Å²) in [4.78, 5) is 15.8. The van der Waals surface area contributed by atoms with Gasteiger partial charge in [0, 0.05) is 59.8 Å². The molecule has 0 saturated heterocycles. The first-order chi connectivity index (χ1) is 33.4. The average molecular weight is 871 g/mol. The fraction of sp³-hybridized carbons (Fsp3) is 0.0484. The summed E-state index contributed by atoms with van der Waals surface area (Å²) in [5.41, 5.74) is 14.4. The average Bonchev–Trinajstić information content (AvgIpc) is 4.11. The molecule has 318 valence electrons. The van der Waals surface area contributed by atoms with Gasteiger partial charge in [-0.3, -0.25) is 0 Å². The molecule has 0 bridgehead atoms. The number of aromatic nitrogens is 4. The van der Waals surface area contributed by atoms with Crippen molar-refractivity contribution >= 4 is 87.2 Å².